The molecule has 1 heterocycles. The maximum absolute atomic E-state index is 5.48. The molecule has 0 fully saturated rings. The van der Waals surface area contributed by atoms with Gasteiger partial charge in [-0.05, 0) is 25.1 Å². The van der Waals surface area contributed by atoms with E-state index in [1.807, 2.05) is 35.9 Å². The SMILES string of the molecule is COc1cc(C#C[Si](C)(C)C)ccc1-n1cnc(C)c1. The zero-order valence-electron chi connectivity index (χ0n) is 12.7. The van der Waals surface area contributed by atoms with Crippen LogP contribution in [-0.2, 0) is 0 Å². The highest BCUT2D eigenvalue weighted by molar-refractivity contribution is 6.83. The van der Waals surface area contributed by atoms with Gasteiger partial charge in [0.15, 0.2) is 0 Å². The quantitative estimate of drug-likeness (QED) is 0.624. The Kier molecular flexibility index (Phi) is 4.00. The number of aromatic nitrogens is 2. The molecule has 2 rings (SSSR count). The Morgan fingerprint density at radius 2 is 2.00 bits per heavy atom. The monoisotopic (exact) mass is 284 g/mol. The Hall–Kier alpha value is -1.99. The molecule has 0 N–H and O–H groups in total. The zero-order valence-corrected chi connectivity index (χ0v) is 13.7. The molecule has 0 saturated carbocycles. The number of nitrogens with zero attached hydrogens (tertiary/aromatic N) is 2. The van der Waals surface area contributed by atoms with Gasteiger partial charge in [-0.1, -0.05) is 25.6 Å². The number of hydrogen-bond acceptors (Lipinski definition) is 2. The van der Waals surface area contributed by atoms with Gasteiger partial charge in [-0.2, -0.15) is 0 Å². The van der Waals surface area contributed by atoms with Crippen molar-refractivity contribution >= 4 is 8.07 Å². The first-order valence-electron chi connectivity index (χ1n) is 6.61. The molecule has 0 aliphatic carbocycles. The minimum atomic E-state index is -1.36. The number of aryl methyl sites for hydroxylation is 1. The summed E-state index contributed by atoms with van der Waals surface area (Å²) in [6.07, 6.45) is 3.77. The van der Waals surface area contributed by atoms with Crippen LogP contribution in [0.3, 0.4) is 0 Å². The smallest absolute Gasteiger partial charge is 0.144 e. The maximum atomic E-state index is 5.48. The van der Waals surface area contributed by atoms with Gasteiger partial charge in [-0.15, -0.1) is 5.54 Å². The predicted molar refractivity (Wildman–Crippen MR) is 85.1 cm³/mol. The van der Waals surface area contributed by atoms with Crippen LogP contribution in [0.1, 0.15) is 11.3 Å². The fourth-order valence-corrected chi connectivity index (χ4v) is 2.30. The molecule has 0 saturated heterocycles. The van der Waals surface area contributed by atoms with Crippen LogP contribution in [0.5, 0.6) is 5.75 Å². The molecule has 0 aliphatic heterocycles. The second-order valence-corrected chi connectivity index (χ2v) is 10.6. The lowest BCUT2D eigenvalue weighted by atomic mass is 10.2. The van der Waals surface area contributed by atoms with E-state index >= 15 is 0 Å². The van der Waals surface area contributed by atoms with Gasteiger partial charge >= 0.3 is 0 Å². The molecular weight excluding hydrogens is 264 g/mol. The van der Waals surface area contributed by atoms with Gasteiger partial charge in [0.2, 0.25) is 0 Å². The molecule has 1 aromatic carbocycles. The van der Waals surface area contributed by atoms with Crippen LogP contribution in [0, 0.1) is 18.4 Å². The van der Waals surface area contributed by atoms with Gasteiger partial charge in [0.25, 0.3) is 0 Å². The number of methoxy groups -OCH3 is 1. The van der Waals surface area contributed by atoms with Crippen molar-refractivity contribution in [3.8, 4) is 22.9 Å². The average molecular weight is 284 g/mol. The fraction of sp³-hybridized carbons (Fsp3) is 0.312. The van der Waals surface area contributed by atoms with Gasteiger partial charge < -0.3 is 9.30 Å². The molecule has 0 spiro atoms. The predicted octanol–water partition coefficient (Wildman–Crippen LogP) is 3.42. The first kappa shape index (κ1) is 14.4. The molecule has 0 atom stereocenters. The molecular formula is C16H20N2OSi. The molecule has 104 valence electrons. The normalized spacial score (nSPS) is 10.8. The van der Waals surface area contributed by atoms with Crippen LogP contribution in [0.15, 0.2) is 30.7 Å². The lowest BCUT2D eigenvalue weighted by molar-refractivity contribution is 0.412. The average Bonchev–Trinajstić information content (AvgIpc) is 2.81. The second-order valence-electron chi connectivity index (χ2n) is 5.81. The lowest BCUT2D eigenvalue weighted by Crippen LogP contribution is -2.16. The highest BCUT2D eigenvalue weighted by Gasteiger charge is 2.09. The zero-order chi connectivity index (χ0) is 14.8. The molecule has 1 aromatic heterocycles. The molecule has 2 aromatic rings. The standard InChI is InChI=1S/C16H20N2OSi/c1-13-11-18(12-17-13)15-7-6-14(10-16(15)19-2)8-9-20(3,4)5/h6-7,10-12H,1-5H3. The molecule has 0 amide bonds. The second kappa shape index (κ2) is 5.56. The third kappa shape index (κ3) is 3.52. The van der Waals surface area contributed by atoms with Crippen LogP contribution in [0.25, 0.3) is 5.69 Å². The van der Waals surface area contributed by atoms with Crippen LogP contribution < -0.4 is 4.74 Å². The Morgan fingerprint density at radius 1 is 1.25 bits per heavy atom. The van der Waals surface area contributed by atoms with Gasteiger partial charge in [0.05, 0.1) is 24.8 Å². The molecule has 0 unspecified atom stereocenters. The van der Waals surface area contributed by atoms with E-state index in [2.05, 4.69) is 36.1 Å². The van der Waals surface area contributed by atoms with E-state index in [9.17, 15) is 0 Å². The third-order valence-electron chi connectivity index (χ3n) is 2.75. The van der Waals surface area contributed by atoms with E-state index in [-0.39, 0.29) is 0 Å². The number of rotatable bonds is 2. The summed E-state index contributed by atoms with van der Waals surface area (Å²) in [7, 11) is 0.320. The Morgan fingerprint density at radius 3 is 2.55 bits per heavy atom. The summed E-state index contributed by atoms with van der Waals surface area (Å²) in [5.74, 6) is 4.06. The molecule has 0 aliphatic rings. The van der Waals surface area contributed by atoms with Gasteiger partial charge in [0, 0.05) is 11.8 Å². The van der Waals surface area contributed by atoms with E-state index < -0.39 is 8.07 Å². The number of benzene rings is 1. The summed E-state index contributed by atoms with van der Waals surface area (Å²) in [6, 6.07) is 6.03. The molecule has 20 heavy (non-hydrogen) atoms. The van der Waals surface area contributed by atoms with Crippen molar-refractivity contribution in [3.63, 3.8) is 0 Å². The summed E-state index contributed by atoms with van der Waals surface area (Å²) >= 11 is 0. The number of imidazole rings is 1. The first-order chi connectivity index (χ1) is 9.39. The Bertz CT molecular complexity index is 672. The van der Waals surface area contributed by atoms with Gasteiger partial charge in [-0.25, -0.2) is 4.98 Å². The topological polar surface area (TPSA) is 27.1 Å². The van der Waals surface area contributed by atoms with E-state index in [0.717, 1.165) is 22.7 Å². The van der Waals surface area contributed by atoms with Crippen molar-refractivity contribution in [1.82, 2.24) is 9.55 Å². The van der Waals surface area contributed by atoms with Crippen LogP contribution in [-0.4, -0.2) is 24.7 Å². The van der Waals surface area contributed by atoms with Crippen molar-refractivity contribution in [2.75, 3.05) is 7.11 Å². The first-order valence-corrected chi connectivity index (χ1v) is 10.1. The minimum Gasteiger partial charge on any atom is -0.495 e. The van der Waals surface area contributed by atoms with Crippen molar-refractivity contribution in [2.45, 2.75) is 26.6 Å². The third-order valence-corrected chi connectivity index (χ3v) is 3.63. The lowest BCUT2D eigenvalue weighted by Gasteiger charge is -2.09. The van der Waals surface area contributed by atoms with Crippen LogP contribution >= 0.6 is 0 Å². The molecule has 0 bridgehead atoms. The molecule has 0 radical (unpaired) electrons. The summed E-state index contributed by atoms with van der Waals surface area (Å²) < 4.78 is 7.44. The van der Waals surface area contributed by atoms with Crippen molar-refractivity contribution in [2.24, 2.45) is 0 Å². The number of ether oxygens (including phenoxy) is 1. The highest BCUT2D eigenvalue weighted by Crippen LogP contribution is 2.24. The molecule has 4 heteroatoms. The highest BCUT2D eigenvalue weighted by atomic mass is 28.3. The van der Waals surface area contributed by atoms with Crippen LogP contribution in [0.4, 0.5) is 0 Å². The van der Waals surface area contributed by atoms with Crippen molar-refractivity contribution in [3.05, 3.63) is 42.0 Å². The summed E-state index contributed by atoms with van der Waals surface area (Å²) in [5.41, 5.74) is 6.32. The van der Waals surface area contributed by atoms with Crippen molar-refractivity contribution in [1.29, 1.82) is 0 Å². The molecule has 3 nitrogen and oxygen atoms in total. The Balaban J connectivity index is 2.40. The summed E-state index contributed by atoms with van der Waals surface area (Å²) in [6.45, 7) is 8.68. The van der Waals surface area contributed by atoms with E-state index in [0.29, 0.717) is 0 Å². The number of hydrogen-bond donors (Lipinski definition) is 0. The van der Waals surface area contributed by atoms with Crippen molar-refractivity contribution < 1.29 is 4.74 Å². The summed E-state index contributed by atoms with van der Waals surface area (Å²) in [4.78, 5) is 4.24. The largest absolute Gasteiger partial charge is 0.495 e. The minimum absolute atomic E-state index is 0.810. The van der Waals surface area contributed by atoms with E-state index in [1.54, 1.807) is 13.4 Å². The summed E-state index contributed by atoms with van der Waals surface area (Å²) in [5, 5.41) is 0. The van der Waals surface area contributed by atoms with E-state index in [4.69, 9.17) is 4.74 Å². The van der Waals surface area contributed by atoms with Crippen LogP contribution in [0.2, 0.25) is 19.6 Å². The van der Waals surface area contributed by atoms with E-state index in [1.165, 1.54) is 0 Å². The fourth-order valence-electron chi connectivity index (χ4n) is 1.78. The Labute approximate surface area is 121 Å². The van der Waals surface area contributed by atoms with Gasteiger partial charge in [0.1, 0.15) is 13.8 Å². The van der Waals surface area contributed by atoms with Gasteiger partial charge in [-0.3, -0.25) is 0 Å². The maximum Gasteiger partial charge on any atom is 0.144 e.